The van der Waals surface area contributed by atoms with E-state index in [4.69, 9.17) is 14.2 Å². The maximum Gasteiger partial charge on any atom is 0.339 e. The number of aromatic nitrogens is 1. The fourth-order valence-electron chi connectivity index (χ4n) is 6.99. The summed E-state index contributed by atoms with van der Waals surface area (Å²) in [6, 6.07) is 3.33. The van der Waals surface area contributed by atoms with Gasteiger partial charge in [-0.2, -0.15) is 0 Å². The number of carbonyl (C=O) groups excluding carboxylic acids is 3. The number of carbonyl (C=O) groups is 3. The number of epoxide rings is 1. The number of fused-ring (bicyclic) bond motifs is 4. The van der Waals surface area contributed by atoms with Crippen LogP contribution in [0.4, 0.5) is 0 Å². The highest BCUT2D eigenvalue weighted by atomic mass is 16.6. The van der Waals surface area contributed by atoms with Crippen LogP contribution < -0.4 is 0 Å². The Balaban J connectivity index is 1.57. The number of ketones is 1. The average Bonchev–Trinajstić information content (AvgIpc) is 3.56. The van der Waals surface area contributed by atoms with Crippen LogP contribution in [0.2, 0.25) is 0 Å². The zero-order chi connectivity index (χ0) is 25.3. The summed E-state index contributed by atoms with van der Waals surface area (Å²) in [7, 11) is 0. The van der Waals surface area contributed by atoms with Crippen LogP contribution in [0.25, 0.3) is 0 Å². The van der Waals surface area contributed by atoms with E-state index in [1.165, 1.54) is 13.1 Å². The molecule has 5 rings (SSSR count). The first-order valence-electron chi connectivity index (χ1n) is 12.6. The second kappa shape index (κ2) is 7.99. The van der Waals surface area contributed by atoms with Crippen molar-refractivity contribution < 1.29 is 28.6 Å². The molecule has 2 heterocycles. The Morgan fingerprint density at radius 1 is 1.23 bits per heavy atom. The van der Waals surface area contributed by atoms with Gasteiger partial charge in [0.1, 0.15) is 6.10 Å². The van der Waals surface area contributed by atoms with Gasteiger partial charge in [0.15, 0.2) is 5.60 Å². The summed E-state index contributed by atoms with van der Waals surface area (Å²) in [5, 5.41) is 0. The molecule has 8 unspecified atom stereocenters. The van der Waals surface area contributed by atoms with Crippen LogP contribution in [0.1, 0.15) is 71.2 Å². The van der Waals surface area contributed by atoms with Crippen molar-refractivity contribution >= 4 is 17.7 Å². The van der Waals surface area contributed by atoms with E-state index in [0.29, 0.717) is 23.0 Å². The second-order valence-corrected chi connectivity index (χ2v) is 11.8. The molecule has 2 saturated carbocycles. The Morgan fingerprint density at radius 3 is 2.63 bits per heavy atom. The van der Waals surface area contributed by atoms with Crippen molar-refractivity contribution in [2.45, 2.75) is 84.2 Å². The quantitative estimate of drug-likeness (QED) is 0.469. The predicted octanol–water partition coefficient (Wildman–Crippen LogP) is 4.30. The van der Waals surface area contributed by atoms with Crippen LogP contribution in [0.5, 0.6) is 0 Å². The Labute approximate surface area is 206 Å². The minimum absolute atomic E-state index is 0.125. The number of allylic oxidation sites excluding steroid dienone is 1. The van der Waals surface area contributed by atoms with Crippen LogP contribution in [0.15, 0.2) is 36.2 Å². The van der Waals surface area contributed by atoms with Crippen molar-refractivity contribution in [3.05, 3.63) is 41.7 Å². The van der Waals surface area contributed by atoms with Crippen molar-refractivity contribution in [1.82, 2.24) is 4.98 Å². The van der Waals surface area contributed by atoms with E-state index in [2.05, 4.69) is 31.8 Å². The first kappa shape index (κ1) is 24.2. The number of ether oxygens (including phenoxy) is 3. The molecule has 35 heavy (non-hydrogen) atoms. The normalized spacial score (nSPS) is 41.3. The van der Waals surface area contributed by atoms with Gasteiger partial charge in [0, 0.05) is 25.7 Å². The number of nitrogens with zero attached hydrogens (tertiary/aromatic N) is 1. The second-order valence-electron chi connectivity index (χ2n) is 11.8. The van der Waals surface area contributed by atoms with Gasteiger partial charge in [0.25, 0.3) is 0 Å². The van der Waals surface area contributed by atoms with Crippen molar-refractivity contribution in [2.75, 3.05) is 0 Å². The minimum Gasteiger partial charge on any atom is -0.458 e. The molecule has 0 aromatic carbocycles. The Morgan fingerprint density at radius 2 is 1.97 bits per heavy atom. The molecule has 0 radical (unpaired) electrons. The molecule has 1 aromatic heterocycles. The van der Waals surface area contributed by atoms with Gasteiger partial charge in [-0.25, -0.2) is 4.79 Å². The van der Waals surface area contributed by atoms with Gasteiger partial charge in [-0.3, -0.25) is 14.6 Å². The zero-order valence-corrected chi connectivity index (χ0v) is 21.4. The van der Waals surface area contributed by atoms with Gasteiger partial charge in [-0.1, -0.05) is 26.8 Å². The SMILES string of the molecule is CC(=O)OC12CC(C)C(OC(=O)c3cccnc3)C1C1OC1(C)CCC1C(C=C(C)C2=O)C1(C)C. The molecular formula is C28H35NO6. The fourth-order valence-corrected chi connectivity index (χ4v) is 6.99. The lowest BCUT2D eigenvalue weighted by Crippen LogP contribution is -2.52. The number of Topliss-reactive ketones (excluding diaryl/α,β-unsaturated/α-hetero) is 1. The largest absolute Gasteiger partial charge is 0.458 e. The lowest BCUT2D eigenvalue weighted by atomic mass is 9.77. The molecule has 0 N–H and O–H groups in total. The number of esters is 2. The molecule has 1 aromatic rings. The Kier molecular flexibility index (Phi) is 5.51. The molecule has 0 amide bonds. The summed E-state index contributed by atoms with van der Waals surface area (Å²) in [5.74, 6) is -1.25. The molecule has 3 aliphatic carbocycles. The highest BCUT2D eigenvalue weighted by Gasteiger charge is 2.72. The maximum atomic E-state index is 14.2. The number of rotatable bonds is 3. The van der Waals surface area contributed by atoms with Gasteiger partial charge in [0.05, 0.1) is 23.2 Å². The van der Waals surface area contributed by atoms with Gasteiger partial charge in [-0.15, -0.1) is 0 Å². The third-order valence-corrected chi connectivity index (χ3v) is 9.07. The molecule has 0 spiro atoms. The first-order valence-corrected chi connectivity index (χ1v) is 12.6. The molecule has 1 aliphatic heterocycles. The van der Waals surface area contributed by atoms with Crippen LogP contribution in [-0.2, 0) is 23.8 Å². The molecule has 4 aliphatic rings. The van der Waals surface area contributed by atoms with Gasteiger partial charge >= 0.3 is 11.9 Å². The molecule has 3 fully saturated rings. The summed E-state index contributed by atoms with van der Waals surface area (Å²) in [6.45, 7) is 11.6. The zero-order valence-electron chi connectivity index (χ0n) is 21.4. The number of pyridine rings is 1. The van der Waals surface area contributed by atoms with Gasteiger partial charge in [-0.05, 0) is 67.6 Å². The third-order valence-electron chi connectivity index (χ3n) is 9.07. The van der Waals surface area contributed by atoms with Crippen molar-refractivity contribution in [3.8, 4) is 0 Å². The van der Waals surface area contributed by atoms with Crippen LogP contribution in [-0.4, -0.2) is 46.1 Å². The van der Waals surface area contributed by atoms with Gasteiger partial charge in [0.2, 0.25) is 5.78 Å². The topological polar surface area (TPSA) is 95.1 Å². The summed E-state index contributed by atoms with van der Waals surface area (Å²) in [4.78, 5) is 43.6. The standard InChI is InChI=1S/C28H35NO6/c1-15-12-20-19(26(20,4)5)9-10-27(6)24(35-27)21-22(33-25(32)18-8-7-11-29-14-18)16(2)13-28(21,23(15)31)34-17(3)30/h7-8,11-12,14,16,19-22,24H,9-10,13H2,1-6H3. The van der Waals surface area contributed by atoms with Crippen LogP contribution >= 0.6 is 0 Å². The third kappa shape index (κ3) is 3.83. The van der Waals surface area contributed by atoms with E-state index in [-0.39, 0.29) is 29.6 Å². The summed E-state index contributed by atoms with van der Waals surface area (Å²) in [5.41, 5.74) is -0.827. The Hall–Kier alpha value is -2.54. The number of hydrogen-bond acceptors (Lipinski definition) is 7. The molecule has 7 heteroatoms. The monoisotopic (exact) mass is 481 g/mol. The molecular weight excluding hydrogens is 446 g/mol. The summed E-state index contributed by atoms with van der Waals surface area (Å²) >= 11 is 0. The van der Waals surface area contributed by atoms with Gasteiger partial charge < -0.3 is 14.2 Å². The minimum atomic E-state index is -1.44. The summed E-state index contributed by atoms with van der Waals surface area (Å²) in [6.07, 6.45) is 6.25. The van der Waals surface area contributed by atoms with E-state index in [1.807, 2.05) is 13.8 Å². The maximum absolute atomic E-state index is 14.2. The molecule has 1 saturated heterocycles. The predicted molar refractivity (Wildman–Crippen MR) is 127 cm³/mol. The number of hydrogen-bond donors (Lipinski definition) is 0. The molecule has 7 nitrogen and oxygen atoms in total. The molecule has 0 bridgehead atoms. The summed E-state index contributed by atoms with van der Waals surface area (Å²) < 4.78 is 18.3. The molecule has 8 atom stereocenters. The Bertz CT molecular complexity index is 1100. The van der Waals surface area contributed by atoms with E-state index < -0.39 is 35.2 Å². The van der Waals surface area contributed by atoms with E-state index >= 15 is 0 Å². The highest BCUT2D eigenvalue weighted by molar-refractivity contribution is 6.03. The van der Waals surface area contributed by atoms with E-state index in [9.17, 15) is 14.4 Å². The van der Waals surface area contributed by atoms with E-state index in [1.54, 1.807) is 18.3 Å². The van der Waals surface area contributed by atoms with E-state index in [0.717, 1.165) is 12.8 Å². The lowest BCUT2D eigenvalue weighted by Gasteiger charge is -2.35. The fraction of sp³-hybridized carbons (Fsp3) is 0.643. The first-order chi connectivity index (χ1) is 16.4. The smallest absolute Gasteiger partial charge is 0.339 e. The average molecular weight is 482 g/mol. The van der Waals surface area contributed by atoms with Crippen molar-refractivity contribution in [1.29, 1.82) is 0 Å². The highest BCUT2D eigenvalue weighted by Crippen LogP contribution is 2.64. The van der Waals surface area contributed by atoms with Crippen molar-refractivity contribution in [3.63, 3.8) is 0 Å². The molecule has 188 valence electrons. The van der Waals surface area contributed by atoms with Crippen LogP contribution in [0.3, 0.4) is 0 Å². The van der Waals surface area contributed by atoms with Crippen molar-refractivity contribution in [2.24, 2.45) is 29.1 Å². The lowest BCUT2D eigenvalue weighted by molar-refractivity contribution is -0.171. The van der Waals surface area contributed by atoms with Crippen LogP contribution in [0, 0.1) is 29.1 Å².